The fraction of sp³-hybridized carbons (Fsp3) is 0.0204. The minimum absolute atomic E-state index is 0.373. The average molecular weight is 677 g/mol. The van der Waals surface area contributed by atoms with Crippen molar-refractivity contribution in [1.82, 2.24) is 9.97 Å². The Balaban J connectivity index is 1.15. The van der Waals surface area contributed by atoms with E-state index < -0.39 is 0 Å². The second kappa shape index (κ2) is 10.3. The number of fused-ring (bicyclic) bond motifs is 17. The molecule has 0 N–H and O–H groups in total. The van der Waals surface area contributed by atoms with Crippen LogP contribution >= 0.6 is 11.3 Å². The Morgan fingerprint density at radius 3 is 1.79 bits per heavy atom. The molecule has 10 aromatic rings. The largest absolute Gasteiger partial charge is 0.227 e. The molecule has 0 saturated carbocycles. The third kappa shape index (κ3) is 3.58. The lowest BCUT2D eigenvalue weighted by Gasteiger charge is -2.30. The van der Waals surface area contributed by atoms with Gasteiger partial charge in [0.1, 0.15) is 0 Å². The van der Waals surface area contributed by atoms with Crippen molar-refractivity contribution in [2.75, 3.05) is 0 Å². The van der Waals surface area contributed by atoms with Crippen molar-refractivity contribution >= 4 is 53.2 Å². The summed E-state index contributed by atoms with van der Waals surface area (Å²) in [5.74, 6) is 0.743. The highest BCUT2D eigenvalue weighted by molar-refractivity contribution is 7.26. The highest BCUT2D eigenvalue weighted by Gasteiger charge is 2.51. The maximum Gasteiger partial charge on any atom is 0.160 e. The predicted octanol–water partition coefficient (Wildman–Crippen LogP) is 12.8. The molecule has 240 valence electrons. The Morgan fingerprint density at radius 1 is 0.423 bits per heavy atom. The standard InChI is InChI=1S/C49H28N2S/c1-2-13-30(14-3-1)45-37-25-27-43-44(36-24-22-29-12-4-5-15-32(29)47(36)52-43)46(37)51-48(50-45)31-23-26-42-38(28-31)35-18-8-11-21-41(35)49(42)39-19-9-6-16-33(39)34-17-7-10-20-40(34)49/h1-28H. The summed E-state index contributed by atoms with van der Waals surface area (Å²) in [7, 11) is 0. The number of rotatable bonds is 2. The molecular weight excluding hydrogens is 649 g/mol. The van der Waals surface area contributed by atoms with E-state index in [9.17, 15) is 0 Å². The number of nitrogens with zero attached hydrogens (tertiary/aromatic N) is 2. The molecule has 0 bridgehead atoms. The second-order valence-corrected chi connectivity index (χ2v) is 15.1. The Hall–Kier alpha value is -6.42. The number of benzene rings is 8. The Kier molecular flexibility index (Phi) is 5.62. The van der Waals surface area contributed by atoms with Gasteiger partial charge in [-0.2, -0.15) is 0 Å². The molecule has 8 aromatic carbocycles. The van der Waals surface area contributed by atoms with Crippen molar-refractivity contribution in [2.24, 2.45) is 0 Å². The van der Waals surface area contributed by atoms with Crippen LogP contribution in [0.25, 0.3) is 86.7 Å². The van der Waals surface area contributed by atoms with Crippen LogP contribution in [0.2, 0.25) is 0 Å². The predicted molar refractivity (Wildman–Crippen MR) is 217 cm³/mol. The number of thiophene rings is 1. The van der Waals surface area contributed by atoms with Crippen LogP contribution in [-0.4, -0.2) is 9.97 Å². The molecule has 52 heavy (non-hydrogen) atoms. The summed E-state index contributed by atoms with van der Waals surface area (Å²) >= 11 is 1.86. The molecule has 0 radical (unpaired) electrons. The quantitative estimate of drug-likeness (QED) is 0.182. The van der Waals surface area contributed by atoms with Gasteiger partial charge in [0.15, 0.2) is 5.82 Å². The maximum atomic E-state index is 5.50. The van der Waals surface area contributed by atoms with E-state index in [1.54, 1.807) is 0 Å². The second-order valence-electron chi connectivity index (χ2n) is 14.0. The van der Waals surface area contributed by atoms with Crippen LogP contribution in [0.5, 0.6) is 0 Å². The van der Waals surface area contributed by atoms with Gasteiger partial charge in [-0.05, 0) is 73.5 Å². The lowest BCUT2D eigenvalue weighted by Crippen LogP contribution is -2.25. The van der Waals surface area contributed by atoms with Crippen molar-refractivity contribution < 1.29 is 0 Å². The van der Waals surface area contributed by atoms with Crippen LogP contribution in [0.1, 0.15) is 22.3 Å². The summed E-state index contributed by atoms with van der Waals surface area (Å²) in [6, 6.07) is 62.1. The van der Waals surface area contributed by atoms with Crippen LogP contribution in [-0.2, 0) is 5.41 Å². The fourth-order valence-electron chi connectivity index (χ4n) is 9.37. The van der Waals surface area contributed by atoms with Gasteiger partial charge in [-0.3, -0.25) is 0 Å². The first kappa shape index (κ1) is 28.3. The van der Waals surface area contributed by atoms with E-state index in [0.29, 0.717) is 0 Å². The molecule has 0 atom stereocenters. The summed E-state index contributed by atoms with van der Waals surface area (Å²) in [6.45, 7) is 0. The van der Waals surface area contributed by atoms with Crippen LogP contribution in [0.4, 0.5) is 0 Å². The van der Waals surface area contributed by atoms with Crippen LogP contribution in [0.3, 0.4) is 0 Å². The molecule has 2 aromatic heterocycles. The van der Waals surface area contributed by atoms with Gasteiger partial charge in [-0.15, -0.1) is 11.3 Å². The molecule has 3 heteroatoms. The van der Waals surface area contributed by atoms with Gasteiger partial charge in [0.25, 0.3) is 0 Å². The average Bonchev–Trinajstić information content (AvgIpc) is 3.85. The van der Waals surface area contributed by atoms with Gasteiger partial charge >= 0.3 is 0 Å². The monoisotopic (exact) mass is 676 g/mol. The molecule has 0 unspecified atom stereocenters. The number of hydrogen-bond donors (Lipinski definition) is 0. The van der Waals surface area contributed by atoms with Gasteiger partial charge in [0.05, 0.1) is 16.6 Å². The summed E-state index contributed by atoms with van der Waals surface area (Å²) in [5, 5.41) is 6.06. The molecule has 2 heterocycles. The zero-order chi connectivity index (χ0) is 34.0. The van der Waals surface area contributed by atoms with E-state index in [4.69, 9.17) is 9.97 Å². The summed E-state index contributed by atoms with van der Waals surface area (Å²) in [5.41, 5.74) is 14.2. The Morgan fingerprint density at radius 2 is 1.04 bits per heavy atom. The van der Waals surface area contributed by atoms with Crippen molar-refractivity contribution in [3.05, 3.63) is 192 Å². The fourth-order valence-corrected chi connectivity index (χ4v) is 10.6. The lowest BCUT2D eigenvalue weighted by atomic mass is 9.70. The SMILES string of the molecule is c1ccc(-c2nc(-c3ccc4c(c3)-c3ccccc3C43c4ccccc4-c4ccccc43)nc3c2ccc2sc4c5ccccc5ccc4c23)cc1. The number of aromatic nitrogens is 2. The van der Waals surface area contributed by atoms with Crippen LogP contribution < -0.4 is 0 Å². The van der Waals surface area contributed by atoms with E-state index >= 15 is 0 Å². The van der Waals surface area contributed by atoms with Crippen LogP contribution in [0, 0.1) is 0 Å². The molecule has 2 aliphatic rings. The molecule has 0 amide bonds. The third-order valence-corrected chi connectivity index (χ3v) is 12.7. The highest BCUT2D eigenvalue weighted by atomic mass is 32.1. The molecule has 2 nitrogen and oxygen atoms in total. The van der Waals surface area contributed by atoms with Crippen molar-refractivity contribution in [2.45, 2.75) is 5.41 Å². The van der Waals surface area contributed by atoms with Gasteiger partial charge in [-0.1, -0.05) is 152 Å². The summed E-state index contributed by atoms with van der Waals surface area (Å²) in [6.07, 6.45) is 0. The Labute approximate surface area is 304 Å². The molecule has 12 rings (SSSR count). The van der Waals surface area contributed by atoms with E-state index in [2.05, 4.69) is 170 Å². The Bertz CT molecular complexity index is 3090. The first-order valence-electron chi connectivity index (χ1n) is 17.8. The number of hydrogen-bond acceptors (Lipinski definition) is 3. The van der Waals surface area contributed by atoms with E-state index in [1.807, 2.05) is 11.3 Å². The first-order valence-corrected chi connectivity index (χ1v) is 18.6. The van der Waals surface area contributed by atoms with Gasteiger partial charge in [-0.25, -0.2) is 9.97 Å². The van der Waals surface area contributed by atoms with Crippen LogP contribution in [0.15, 0.2) is 170 Å². The highest BCUT2D eigenvalue weighted by Crippen LogP contribution is 2.63. The zero-order valence-electron chi connectivity index (χ0n) is 28.0. The summed E-state index contributed by atoms with van der Waals surface area (Å²) < 4.78 is 2.55. The first-order chi connectivity index (χ1) is 25.8. The van der Waals surface area contributed by atoms with E-state index in [0.717, 1.165) is 33.5 Å². The topological polar surface area (TPSA) is 25.8 Å². The van der Waals surface area contributed by atoms with Crippen molar-refractivity contribution in [1.29, 1.82) is 0 Å². The van der Waals surface area contributed by atoms with Gasteiger partial charge in [0.2, 0.25) is 0 Å². The molecule has 1 spiro atoms. The lowest BCUT2D eigenvalue weighted by molar-refractivity contribution is 0.794. The summed E-state index contributed by atoms with van der Waals surface area (Å²) in [4.78, 5) is 10.9. The van der Waals surface area contributed by atoms with Crippen molar-refractivity contribution in [3.63, 3.8) is 0 Å². The van der Waals surface area contributed by atoms with E-state index in [1.165, 1.54) is 75.5 Å². The molecule has 0 aliphatic heterocycles. The minimum atomic E-state index is -0.373. The van der Waals surface area contributed by atoms with Gasteiger partial charge in [0, 0.05) is 36.7 Å². The molecule has 0 fully saturated rings. The van der Waals surface area contributed by atoms with E-state index in [-0.39, 0.29) is 5.41 Å². The molecular formula is C49H28N2S. The smallest absolute Gasteiger partial charge is 0.160 e. The third-order valence-electron chi connectivity index (χ3n) is 11.5. The zero-order valence-corrected chi connectivity index (χ0v) is 28.8. The maximum absolute atomic E-state index is 5.50. The van der Waals surface area contributed by atoms with Gasteiger partial charge < -0.3 is 0 Å². The normalized spacial score (nSPS) is 13.5. The molecule has 0 saturated heterocycles. The van der Waals surface area contributed by atoms with Crippen molar-refractivity contribution in [3.8, 4) is 44.9 Å². The minimum Gasteiger partial charge on any atom is -0.227 e. The molecule has 2 aliphatic carbocycles.